The molecule has 0 fully saturated rings. The summed E-state index contributed by atoms with van der Waals surface area (Å²) < 4.78 is 0. The second-order valence-corrected chi connectivity index (χ2v) is 1.80. The molecule has 0 aromatic heterocycles. The predicted octanol–water partition coefficient (Wildman–Crippen LogP) is -6.18. The van der Waals surface area contributed by atoms with Crippen molar-refractivity contribution in [2.75, 3.05) is 0 Å². The van der Waals surface area contributed by atoms with Crippen molar-refractivity contribution in [1.82, 2.24) is 0 Å². The Morgan fingerprint density at radius 2 is 0.889 bits per heavy atom. The molecule has 0 aliphatic rings. The summed E-state index contributed by atoms with van der Waals surface area (Å²) in [4.78, 5) is 29.3. The molecule has 0 amide bonds. The molecule has 5 nitrogen and oxygen atoms in total. The van der Waals surface area contributed by atoms with Crippen LogP contribution < -0.4 is 0 Å². The Balaban J connectivity index is -0.0000000133. The van der Waals surface area contributed by atoms with E-state index in [0.29, 0.717) is 0 Å². The summed E-state index contributed by atoms with van der Waals surface area (Å²) >= 11 is 0. The van der Waals surface area contributed by atoms with Gasteiger partial charge in [0.15, 0.2) is 17.4 Å². The van der Waals surface area contributed by atoms with Gasteiger partial charge in [-0.15, -0.1) is 0 Å². The van der Waals surface area contributed by atoms with Crippen molar-refractivity contribution in [3.63, 3.8) is 0 Å². The van der Waals surface area contributed by atoms with Gasteiger partial charge in [-0.05, 0) is 0 Å². The van der Waals surface area contributed by atoms with Crippen LogP contribution in [0, 0.1) is 0 Å². The van der Waals surface area contributed by atoms with Crippen molar-refractivity contribution in [3.05, 3.63) is 0 Å². The van der Waals surface area contributed by atoms with E-state index in [1.807, 2.05) is 0 Å². The zero-order chi connectivity index (χ0) is 4.50. The van der Waals surface area contributed by atoms with Crippen LogP contribution in [0.25, 0.3) is 0 Å². The molecule has 52 valence electrons. The van der Waals surface area contributed by atoms with Crippen molar-refractivity contribution in [1.29, 1.82) is 0 Å². The Labute approximate surface area is 137 Å². The Hall–Kier alpha value is 3.45. The molecule has 0 bridgehead atoms. The first-order chi connectivity index (χ1) is 2.00. The summed E-state index contributed by atoms with van der Waals surface area (Å²) in [7, 11) is -4.61. The minimum absolute atomic E-state index is 0. The van der Waals surface area contributed by atoms with E-state index in [0.717, 1.165) is 0 Å². The maximum atomic E-state index is 7.33. The van der Waals surface area contributed by atoms with Crippen LogP contribution >= 0.6 is 0 Å². The zero-order valence-corrected chi connectivity index (χ0v) is 3.79. The predicted molar refractivity (Wildman–Crippen MR) is 43.9 cm³/mol. The summed E-state index contributed by atoms with van der Waals surface area (Å²) in [5, 5.41) is 0. The van der Waals surface area contributed by atoms with Crippen LogP contribution in [0.15, 0.2) is 0 Å². The van der Waals surface area contributed by atoms with E-state index in [4.69, 9.17) is 19.2 Å². The summed E-state index contributed by atoms with van der Waals surface area (Å²) in [5.41, 5.74) is 0. The molecule has 0 saturated carbocycles. The summed E-state index contributed by atoms with van der Waals surface area (Å²) in [6, 6.07) is 0. The molecule has 0 saturated heterocycles. The van der Waals surface area contributed by atoms with Crippen molar-refractivity contribution in [2.45, 2.75) is 0 Å². The van der Waals surface area contributed by atoms with Gasteiger partial charge in [0.05, 0.1) is 0 Å². The van der Waals surface area contributed by atoms with E-state index in [2.05, 4.69) is 0 Å². The van der Waals surface area contributed by atoms with Crippen LogP contribution in [0.2, 0.25) is 0 Å². The van der Waals surface area contributed by atoms with Gasteiger partial charge < -0.3 is 24.7 Å². The molecule has 0 radical (unpaired) electrons. The molecular weight excluding hydrogens is 214 g/mol. The fourth-order valence-electron chi connectivity index (χ4n) is 0. The maximum absolute atomic E-state index is 7.33. The van der Waals surface area contributed by atoms with E-state index in [1.54, 1.807) is 0 Å². The van der Waals surface area contributed by atoms with Crippen LogP contribution in [0.1, 0.15) is 0 Å². The Morgan fingerprint density at radius 3 is 0.889 bits per heavy atom. The quantitative estimate of drug-likeness (QED) is 0.308. The van der Waals surface area contributed by atoms with E-state index >= 15 is 0 Å². The van der Waals surface area contributed by atoms with Crippen molar-refractivity contribution in [2.24, 2.45) is 0 Å². The van der Waals surface area contributed by atoms with Gasteiger partial charge in [-0.25, -0.2) is 0 Å². The van der Waals surface area contributed by atoms with Gasteiger partial charge in [0, 0.05) is 0 Å². The molecule has 0 aliphatic carbocycles. The summed E-state index contributed by atoms with van der Waals surface area (Å²) in [6.07, 6.45) is 0. The molecule has 0 atom stereocenters. The van der Waals surface area contributed by atoms with Crippen LogP contribution in [0.5, 0.6) is 0 Å². The first kappa shape index (κ1) is 29.4. The topological polar surface area (TPSA) is 112 Å². The Morgan fingerprint density at radius 1 is 0.889 bits per heavy atom. The molecule has 0 aromatic carbocycles. The third kappa shape index (κ3) is 86.0. The summed E-state index contributed by atoms with van der Waals surface area (Å²) in [5.74, 6) is 0. The second-order valence-electron chi connectivity index (χ2n) is 0.600. The average molecular weight is 226 g/mol. The average Bonchev–Trinajstić information content (AvgIpc) is 0.722. The standard InChI is InChI=1S/Al.Ca.K.H4O4Si.H2O.6H/c;;;1-5(2,3)4;;;;;;;/h;;;1-4H;1H2;;;;;;. The molecule has 0 aliphatic heterocycles. The van der Waals surface area contributed by atoms with Crippen LogP contribution in [0.3, 0.4) is 0 Å². The van der Waals surface area contributed by atoms with Gasteiger partial charge in [-0.3, -0.25) is 0 Å². The van der Waals surface area contributed by atoms with Gasteiger partial charge in [-0.1, -0.05) is 0 Å². The summed E-state index contributed by atoms with van der Waals surface area (Å²) in [6.45, 7) is 0. The van der Waals surface area contributed by atoms with E-state index in [1.165, 1.54) is 0 Å². The van der Waals surface area contributed by atoms with Gasteiger partial charge in [0.25, 0.3) is 0 Å². The monoisotopic (exact) mass is 226 g/mol. The van der Waals surface area contributed by atoms with Gasteiger partial charge >= 0.3 is 98.2 Å². The first-order valence-corrected chi connectivity index (χ1v) is 2.68. The van der Waals surface area contributed by atoms with Crippen LogP contribution in [-0.4, -0.2) is 140 Å². The van der Waals surface area contributed by atoms with Crippen molar-refractivity contribution < 1.29 is 24.7 Å². The first-order valence-electron chi connectivity index (χ1n) is 0.894. The molecule has 0 rings (SSSR count). The molecule has 9 heteroatoms. The van der Waals surface area contributed by atoms with Gasteiger partial charge in [-0.2, -0.15) is 0 Å². The third-order valence-electron chi connectivity index (χ3n) is 0. The van der Waals surface area contributed by atoms with E-state index in [9.17, 15) is 0 Å². The normalized spacial score (nSPS) is 6.67. The van der Waals surface area contributed by atoms with Crippen molar-refractivity contribution >= 4 is 116 Å². The van der Waals surface area contributed by atoms with Gasteiger partial charge in [0.2, 0.25) is 0 Å². The second kappa shape index (κ2) is 14.0. The van der Waals surface area contributed by atoms with Crippen LogP contribution in [-0.2, 0) is 0 Å². The molecule has 0 unspecified atom stereocenters. The number of rotatable bonds is 0. The van der Waals surface area contributed by atoms with E-state index < -0.39 is 9.05 Å². The molecule has 0 aromatic rings. The zero-order valence-electron chi connectivity index (χ0n) is 2.79. The fourth-order valence-corrected chi connectivity index (χ4v) is 0. The number of hydrogen-bond donors (Lipinski definition) is 4. The number of hydrogen-bond acceptors (Lipinski definition) is 4. The molecule has 9 heavy (non-hydrogen) atoms. The van der Waals surface area contributed by atoms with Gasteiger partial charge in [0.1, 0.15) is 0 Å². The van der Waals surface area contributed by atoms with E-state index in [-0.39, 0.29) is 112 Å². The minimum atomic E-state index is -4.61. The van der Waals surface area contributed by atoms with Crippen molar-refractivity contribution in [3.8, 4) is 0 Å². The Bertz CT molecular complexity index is 32.4. The molecule has 0 heterocycles. The fraction of sp³-hybridized carbons (Fsp3) is 0. The molecular formula is H12AlCaKO5Si. The Kier molecular flexibility index (Phi) is 45.7. The third-order valence-corrected chi connectivity index (χ3v) is 0. The van der Waals surface area contributed by atoms with Crippen LogP contribution in [0.4, 0.5) is 0 Å². The molecule has 0 spiro atoms. The molecule has 6 N–H and O–H groups in total. The SMILES string of the molecule is O.O[Si](O)(O)O.[AlH3].[CaH2].[KH].